The minimum Gasteiger partial charge on any atom is -0.371 e. The van der Waals surface area contributed by atoms with Gasteiger partial charge in [-0.15, -0.1) is 11.3 Å². The smallest absolute Gasteiger partial charge is 0.262 e. The minimum atomic E-state index is 1.14. The molecule has 0 saturated carbocycles. The van der Waals surface area contributed by atoms with Gasteiger partial charge in [0.2, 0.25) is 5.52 Å². The maximum Gasteiger partial charge on any atom is 0.262 e. The fourth-order valence-corrected chi connectivity index (χ4v) is 7.01. The van der Waals surface area contributed by atoms with E-state index < -0.39 is 0 Å². The number of anilines is 1. The predicted octanol–water partition coefficient (Wildman–Crippen LogP) is 5.51. The highest BCUT2D eigenvalue weighted by atomic mass is 32.1. The minimum absolute atomic E-state index is 1.14. The first kappa shape index (κ1) is 17.6. The Labute approximate surface area is 178 Å². The Kier molecular flexibility index (Phi) is 4.03. The summed E-state index contributed by atoms with van der Waals surface area (Å²) in [5.74, 6) is 0. The van der Waals surface area contributed by atoms with Crippen molar-refractivity contribution in [2.45, 2.75) is 32.6 Å². The average molecular weight is 419 g/mol. The molecule has 0 amide bonds. The lowest BCUT2D eigenvalue weighted by atomic mass is 9.90. The lowest BCUT2D eigenvalue weighted by Gasteiger charge is -2.37. The highest BCUT2D eigenvalue weighted by molar-refractivity contribution is 7.22. The fraction of sp³-hybridized carbons (Fsp3) is 0.333. The molecular weight excluding hydrogens is 394 g/mol. The Bertz CT molecular complexity index is 1260. The molecule has 0 atom stereocenters. The molecule has 0 radical (unpaired) electrons. The number of aromatic nitrogens is 2. The third-order valence-corrected chi connectivity index (χ3v) is 8.43. The Morgan fingerprint density at radius 2 is 1.79 bits per heavy atom. The van der Waals surface area contributed by atoms with Crippen LogP contribution in [0.3, 0.4) is 0 Å². The molecule has 5 heteroatoms. The van der Waals surface area contributed by atoms with Crippen LogP contribution in [0.2, 0.25) is 0 Å². The van der Waals surface area contributed by atoms with Crippen LogP contribution in [0.5, 0.6) is 0 Å². The van der Waals surface area contributed by atoms with Crippen molar-refractivity contribution in [3.63, 3.8) is 0 Å². The Hall–Kier alpha value is -2.24. The number of thiazole rings is 2. The van der Waals surface area contributed by atoms with Crippen LogP contribution in [0, 0.1) is 6.92 Å². The van der Waals surface area contributed by atoms with E-state index in [0.717, 1.165) is 10.5 Å². The van der Waals surface area contributed by atoms with Crippen LogP contribution in [0.15, 0.2) is 24.3 Å². The first-order valence-electron chi connectivity index (χ1n) is 10.4. The van der Waals surface area contributed by atoms with Crippen molar-refractivity contribution < 1.29 is 4.57 Å². The molecule has 4 aromatic rings. The monoisotopic (exact) mass is 418 g/mol. The summed E-state index contributed by atoms with van der Waals surface area (Å²) < 4.78 is 4.88. The molecule has 3 nitrogen and oxygen atoms in total. The molecule has 0 bridgehead atoms. The molecule has 2 aliphatic heterocycles. The van der Waals surface area contributed by atoms with Gasteiger partial charge in [0.1, 0.15) is 17.3 Å². The summed E-state index contributed by atoms with van der Waals surface area (Å²) in [6.45, 7) is 4.56. The number of nitrogens with zero attached hydrogens (tertiary/aromatic N) is 3. The maximum atomic E-state index is 4.79. The summed E-state index contributed by atoms with van der Waals surface area (Å²) in [7, 11) is 2.16. The van der Waals surface area contributed by atoms with Crippen molar-refractivity contribution in [1.29, 1.82) is 0 Å². The predicted molar refractivity (Wildman–Crippen MR) is 125 cm³/mol. The van der Waals surface area contributed by atoms with Gasteiger partial charge in [-0.1, -0.05) is 11.3 Å². The normalized spacial score (nSPS) is 16.3. The van der Waals surface area contributed by atoms with Gasteiger partial charge in [-0.25, -0.2) is 4.98 Å². The van der Waals surface area contributed by atoms with Crippen molar-refractivity contribution in [1.82, 2.24) is 4.98 Å². The first-order chi connectivity index (χ1) is 14.2. The molecule has 6 rings (SSSR count). The summed E-state index contributed by atoms with van der Waals surface area (Å²) in [6, 6.07) is 9.29. The van der Waals surface area contributed by atoms with Gasteiger partial charge in [0.15, 0.2) is 0 Å². The zero-order valence-electron chi connectivity index (χ0n) is 16.9. The second-order valence-electron chi connectivity index (χ2n) is 8.21. The topological polar surface area (TPSA) is 20.0 Å². The first-order valence-corrected chi connectivity index (χ1v) is 12.1. The lowest BCUT2D eigenvalue weighted by Crippen LogP contribution is -2.34. The Morgan fingerprint density at radius 3 is 2.55 bits per heavy atom. The molecule has 146 valence electrons. The van der Waals surface area contributed by atoms with Gasteiger partial charge in [-0.3, -0.25) is 0 Å². The zero-order valence-corrected chi connectivity index (χ0v) is 18.5. The molecular formula is C24H24N3S2+. The van der Waals surface area contributed by atoms with E-state index >= 15 is 0 Å². The van der Waals surface area contributed by atoms with Crippen LogP contribution in [-0.2, 0) is 19.9 Å². The molecule has 0 unspecified atom stereocenters. The quantitative estimate of drug-likeness (QED) is 0.400. The maximum absolute atomic E-state index is 4.79. The molecule has 0 aliphatic carbocycles. The van der Waals surface area contributed by atoms with Crippen LogP contribution in [0.25, 0.3) is 32.6 Å². The summed E-state index contributed by atoms with van der Waals surface area (Å²) in [6.07, 6.45) is 9.60. The van der Waals surface area contributed by atoms with E-state index in [4.69, 9.17) is 4.98 Å². The second-order valence-corrected chi connectivity index (χ2v) is 10.5. The highest BCUT2D eigenvalue weighted by Crippen LogP contribution is 2.37. The number of rotatable bonds is 2. The standard InChI is InChI=1S/C24H24N3S2/c1-15-25-22-20(28-15)9-8-19-24(22)29-21(26(19)2)10-7-16-13-17-5-3-11-27-12-4-6-18(14-16)23(17)27/h7-10,13-14H,3-6,11-12H2,1-2H3/q+1. The van der Waals surface area contributed by atoms with Crippen molar-refractivity contribution in [2.75, 3.05) is 18.0 Å². The van der Waals surface area contributed by atoms with Gasteiger partial charge in [0.05, 0.1) is 9.71 Å². The van der Waals surface area contributed by atoms with E-state index in [1.807, 2.05) is 11.3 Å². The van der Waals surface area contributed by atoms with Gasteiger partial charge in [-0.2, -0.15) is 4.57 Å². The van der Waals surface area contributed by atoms with E-state index in [9.17, 15) is 0 Å². The van der Waals surface area contributed by atoms with Gasteiger partial charge >= 0.3 is 0 Å². The van der Waals surface area contributed by atoms with Crippen LogP contribution in [0.4, 0.5) is 5.69 Å². The third-order valence-electron chi connectivity index (χ3n) is 6.27. The second kappa shape index (κ2) is 6.64. The molecule has 2 aliphatic rings. The summed E-state index contributed by atoms with van der Waals surface area (Å²) >= 11 is 3.63. The number of hydrogen-bond donors (Lipinski definition) is 0. The van der Waals surface area contributed by atoms with Crippen molar-refractivity contribution in [2.24, 2.45) is 7.05 Å². The van der Waals surface area contributed by atoms with Crippen molar-refractivity contribution in [3.8, 4) is 0 Å². The van der Waals surface area contributed by atoms with Crippen LogP contribution >= 0.6 is 22.7 Å². The SMILES string of the molecule is Cc1nc2c(ccc3c2sc(/C=C/c2cc4c5c(c2)CCCN5CCC4)[n+]3C)s1. The third kappa shape index (κ3) is 2.82. The summed E-state index contributed by atoms with van der Waals surface area (Å²) in [5.41, 5.74) is 8.41. The van der Waals surface area contributed by atoms with Gasteiger partial charge in [0.25, 0.3) is 5.01 Å². The molecule has 0 saturated heterocycles. The molecule has 2 aromatic heterocycles. The van der Waals surface area contributed by atoms with Crippen LogP contribution < -0.4 is 9.47 Å². The van der Waals surface area contributed by atoms with E-state index in [1.165, 1.54) is 64.3 Å². The van der Waals surface area contributed by atoms with E-state index in [2.05, 4.69) is 59.9 Å². The molecule has 4 heterocycles. The van der Waals surface area contributed by atoms with E-state index in [0.29, 0.717) is 0 Å². The summed E-state index contributed by atoms with van der Waals surface area (Å²) in [5, 5.41) is 2.41. The highest BCUT2D eigenvalue weighted by Gasteiger charge is 2.24. The molecule has 0 fully saturated rings. The molecule has 0 N–H and O–H groups in total. The van der Waals surface area contributed by atoms with Gasteiger partial charge in [-0.05, 0) is 73.6 Å². The van der Waals surface area contributed by atoms with Crippen LogP contribution in [-0.4, -0.2) is 18.1 Å². The van der Waals surface area contributed by atoms with Gasteiger partial charge < -0.3 is 4.90 Å². The fourth-order valence-electron chi connectivity index (χ4n) is 4.97. The van der Waals surface area contributed by atoms with E-state index in [-0.39, 0.29) is 0 Å². The molecule has 0 spiro atoms. The Morgan fingerprint density at radius 1 is 1.03 bits per heavy atom. The number of fused-ring (bicyclic) bond motifs is 3. The van der Waals surface area contributed by atoms with Gasteiger partial charge in [0, 0.05) is 30.9 Å². The van der Waals surface area contributed by atoms with Crippen molar-refractivity contribution in [3.05, 3.63) is 51.0 Å². The van der Waals surface area contributed by atoms with E-state index in [1.54, 1.807) is 28.2 Å². The van der Waals surface area contributed by atoms with Crippen molar-refractivity contribution >= 4 is 60.9 Å². The zero-order chi connectivity index (χ0) is 19.5. The molecule has 29 heavy (non-hydrogen) atoms. The number of aryl methyl sites for hydroxylation is 4. The number of hydrogen-bond acceptors (Lipinski definition) is 4. The summed E-state index contributed by atoms with van der Waals surface area (Å²) in [4.78, 5) is 7.39. The molecule has 2 aromatic carbocycles. The lowest BCUT2D eigenvalue weighted by molar-refractivity contribution is -0.642. The average Bonchev–Trinajstić information content (AvgIpc) is 3.26. The Balaban J connectivity index is 1.42. The van der Waals surface area contributed by atoms with Crippen LogP contribution in [0.1, 0.15) is 39.5 Å². The largest absolute Gasteiger partial charge is 0.371 e. The number of benzene rings is 2.